The van der Waals surface area contributed by atoms with E-state index in [2.05, 4.69) is 35.9 Å². The van der Waals surface area contributed by atoms with Crippen LogP contribution >= 0.6 is 0 Å². The van der Waals surface area contributed by atoms with Crippen LogP contribution in [0, 0.1) is 0 Å². The van der Waals surface area contributed by atoms with E-state index in [1.807, 2.05) is 24.3 Å². The lowest BCUT2D eigenvalue weighted by Crippen LogP contribution is -2.33. The highest BCUT2D eigenvalue weighted by Gasteiger charge is 2.34. The molecule has 0 amide bonds. The molecule has 3 N–H and O–H groups in total. The fraction of sp³-hybridized carbons (Fsp3) is 0.320. The number of para-hydroxylation sites is 1. The molecule has 3 heterocycles. The lowest BCUT2D eigenvalue weighted by molar-refractivity contribution is -0.137. The van der Waals surface area contributed by atoms with E-state index in [-0.39, 0.29) is 5.56 Å². The summed E-state index contributed by atoms with van der Waals surface area (Å²) in [5, 5.41) is 22.9. The Balaban J connectivity index is 1.47. The molecule has 182 valence electrons. The van der Waals surface area contributed by atoms with Gasteiger partial charge in [0.15, 0.2) is 17.5 Å². The molecule has 4 aromatic rings. The smallest absolute Gasteiger partial charge is 0.367 e. The van der Waals surface area contributed by atoms with Crippen molar-refractivity contribution in [2.75, 3.05) is 36.8 Å². The van der Waals surface area contributed by atoms with Crippen LogP contribution in [0.3, 0.4) is 0 Å². The molecule has 5 rings (SSSR count). The summed E-state index contributed by atoms with van der Waals surface area (Å²) in [6.45, 7) is 3.43. The van der Waals surface area contributed by atoms with Crippen LogP contribution in [0.5, 0.6) is 0 Å². The number of piperidine rings is 1. The van der Waals surface area contributed by atoms with Gasteiger partial charge >= 0.3 is 6.18 Å². The fourth-order valence-electron chi connectivity index (χ4n) is 4.45. The highest BCUT2D eigenvalue weighted by Crippen LogP contribution is 2.39. The fourth-order valence-corrected chi connectivity index (χ4v) is 4.45. The van der Waals surface area contributed by atoms with Gasteiger partial charge in [-0.05, 0) is 55.8 Å². The predicted octanol–water partition coefficient (Wildman–Crippen LogP) is 5.68. The number of anilines is 3. The average Bonchev–Trinajstić information content (AvgIpc) is 3.28. The van der Waals surface area contributed by atoms with Gasteiger partial charge in [0.25, 0.3) is 0 Å². The molecule has 0 saturated carbocycles. The van der Waals surface area contributed by atoms with E-state index in [1.54, 1.807) is 12.1 Å². The molecular formula is C25H26F3N7. The van der Waals surface area contributed by atoms with Crippen LogP contribution in [0.4, 0.5) is 30.6 Å². The van der Waals surface area contributed by atoms with Gasteiger partial charge in [-0.3, -0.25) is 5.10 Å². The van der Waals surface area contributed by atoms with Gasteiger partial charge in [-0.2, -0.15) is 18.3 Å². The number of nitrogens with one attached hydrogen (secondary N) is 3. The summed E-state index contributed by atoms with van der Waals surface area (Å²) in [5.74, 6) is 1.14. The molecule has 1 aliphatic heterocycles. The maximum Gasteiger partial charge on any atom is 0.417 e. The molecule has 35 heavy (non-hydrogen) atoms. The van der Waals surface area contributed by atoms with Crippen molar-refractivity contribution in [2.24, 2.45) is 0 Å². The lowest BCUT2D eigenvalue weighted by atomic mass is 10.00. The maximum atomic E-state index is 13.8. The molecule has 0 aliphatic carbocycles. The van der Waals surface area contributed by atoms with Gasteiger partial charge in [0.2, 0.25) is 0 Å². The summed E-state index contributed by atoms with van der Waals surface area (Å²) < 4.78 is 41.5. The molecule has 2 aromatic heterocycles. The Bertz CT molecular complexity index is 1300. The number of aromatic amines is 1. The third-order valence-electron chi connectivity index (χ3n) is 6.20. The average molecular weight is 482 g/mol. The second kappa shape index (κ2) is 9.91. The Morgan fingerprint density at radius 2 is 1.66 bits per heavy atom. The van der Waals surface area contributed by atoms with Crippen molar-refractivity contribution in [1.29, 1.82) is 0 Å². The van der Waals surface area contributed by atoms with E-state index in [4.69, 9.17) is 0 Å². The standard InChI is InChI=1S/C25H26F3N7/c26-25(27,28)20-10-4-2-8-17(20)19-16-22(30-24-18-9-3-5-11-21(18)31-34-24)32-33-23(19)29-12-15-35-13-6-1-7-14-35/h2-5,8-11,16H,1,6-7,12-15H2,(H,29,33)(H2,30,31,32,34). The van der Waals surface area contributed by atoms with Gasteiger partial charge in [0.1, 0.15) is 0 Å². The van der Waals surface area contributed by atoms with Crippen LogP contribution in [0.15, 0.2) is 54.6 Å². The number of fused-ring (bicyclic) bond motifs is 1. The normalized spacial score (nSPS) is 14.8. The van der Waals surface area contributed by atoms with Gasteiger partial charge in [-0.25, -0.2) is 0 Å². The van der Waals surface area contributed by atoms with Gasteiger partial charge in [-0.15, -0.1) is 10.2 Å². The van der Waals surface area contributed by atoms with Gasteiger partial charge < -0.3 is 15.5 Å². The van der Waals surface area contributed by atoms with Crippen molar-refractivity contribution < 1.29 is 13.2 Å². The molecule has 0 unspecified atom stereocenters. The maximum absolute atomic E-state index is 13.8. The Morgan fingerprint density at radius 1 is 0.886 bits per heavy atom. The number of likely N-dealkylation sites (tertiary alicyclic amines) is 1. The molecule has 0 atom stereocenters. The summed E-state index contributed by atoms with van der Waals surface area (Å²) >= 11 is 0. The van der Waals surface area contributed by atoms with Crippen molar-refractivity contribution in [3.63, 3.8) is 0 Å². The number of benzene rings is 2. The molecule has 0 radical (unpaired) electrons. The molecule has 0 bridgehead atoms. The third-order valence-corrected chi connectivity index (χ3v) is 6.20. The minimum Gasteiger partial charge on any atom is -0.367 e. The minimum atomic E-state index is -4.50. The van der Waals surface area contributed by atoms with Crippen molar-refractivity contribution in [3.05, 3.63) is 60.2 Å². The summed E-state index contributed by atoms with van der Waals surface area (Å²) in [6, 6.07) is 14.7. The predicted molar refractivity (Wildman–Crippen MR) is 131 cm³/mol. The van der Waals surface area contributed by atoms with Crippen molar-refractivity contribution >= 4 is 28.4 Å². The number of alkyl halides is 3. The molecule has 2 aromatic carbocycles. The third kappa shape index (κ3) is 5.22. The summed E-state index contributed by atoms with van der Waals surface area (Å²) in [5.41, 5.74) is 0.490. The first-order valence-corrected chi connectivity index (χ1v) is 11.7. The van der Waals surface area contributed by atoms with Crippen molar-refractivity contribution in [3.8, 4) is 11.1 Å². The van der Waals surface area contributed by atoms with Gasteiger partial charge in [-0.1, -0.05) is 36.8 Å². The van der Waals surface area contributed by atoms with Crippen LogP contribution < -0.4 is 10.6 Å². The lowest BCUT2D eigenvalue weighted by Gasteiger charge is -2.26. The number of nitrogens with zero attached hydrogens (tertiary/aromatic N) is 4. The quantitative estimate of drug-likeness (QED) is 0.315. The number of rotatable bonds is 7. The number of H-pyrrole nitrogens is 1. The van der Waals surface area contributed by atoms with E-state index in [9.17, 15) is 13.2 Å². The van der Waals surface area contributed by atoms with Crippen LogP contribution in [0.2, 0.25) is 0 Å². The molecule has 1 saturated heterocycles. The van der Waals surface area contributed by atoms with Crippen LogP contribution in [-0.4, -0.2) is 51.5 Å². The molecule has 10 heteroatoms. The first-order chi connectivity index (χ1) is 17.0. The SMILES string of the molecule is FC(F)(F)c1ccccc1-c1cc(Nc2n[nH]c3ccccc23)nnc1NCCN1CCCCC1. The second-order valence-corrected chi connectivity index (χ2v) is 8.61. The largest absolute Gasteiger partial charge is 0.417 e. The molecule has 1 aliphatic rings. The van der Waals surface area contributed by atoms with Crippen LogP contribution in [-0.2, 0) is 6.18 Å². The Kier molecular flexibility index (Phi) is 6.54. The summed E-state index contributed by atoms with van der Waals surface area (Å²) in [6.07, 6.45) is -0.914. The monoisotopic (exact) mass is 481 g/mol. The molecule has 0 spiro atoms. The van der Waals surface area contributed by atoms with Crippen molar-refractivity contribution in [1.82, 2.24) is 25.3 Å². The Labute approximate surface area is 200 Å². The first kappa shape index (κ1) is 23.1. The number of halogens is 3. The van der Waals surface area contributed by atoms with E-state index >= 15 is 0 Å². The highest BCUT2D eigenvalue weighted by atomic mass is 19.4. The minimum absolute atomic E-state index is 0.0466. The Hall–Kier alpha value is -3.66. The first-order valence-electron chi connectivity index (χ1n) is 11.7. The second-order valence-electron chi connectivity index (χ2n) is 8.61. The molecule has 7 nitrogen and oxygen atoms in total. The summed E-state index contributed by atoms with van der Waals surface area (Å²) in [7, 11) is 0. The zero-order valence-corrected chi connectivity index (χ0v) is 19.1. The van der Waals surface area contributed by atoms with Crippen LogP contribution in [0.1, 0.15) is 24.8 Å². The zero-order valence-electron chi connectivity index (χ0n) is 19.1. The van der Waals surface area contributed by atoms with E-state index in [0.29, 0.717) is 29.6 Å². The number of hydrogen-bond acceptors (Lipinski definition) is 6. The topological polar surface area (TPSA) is 81.8 Å². The van der Waals surface area contributed by atoms with Gasteiger partial charge in [0, 0.05) is 24.0 Å². The summed E-state index contributed by atoms with van der Waals surface area (Å²) in [4.78, 5) is 2.35. The number of hydrogen-bond donors (Lipinski definition) is 3. The van der Waals surface area contributed by atoms with Crippen LogP contribution in [0.25, 0.3) is 22.0 Å². The van der Waals surface area contributed by atoms with Gasteiger partial charge in [0.05, 0.1) is 11.1 Å². The number of aromatic nitrogens is 4. The zero-order chi connectivity index (χ0) is 24.3. The molecule has 1 fully saturated rings. The highest BCUT2D eigenvalue weighted by molar-refractivity contribution is 5.91. The van der Waals surface area contributed by atoms with E-state index in [0.717, 1.165) is 36.6 Å². The Morgan fingerprint density at radius 3 is 2.49 bits per heavy atom. The van der Waals surface area contributed by atoms with Crippen molar-refractivity contribution in [2.45, 2.75) is 25.4 Å². The molecular weight excluding hydrogens is 455 g/mol. The van der Waals surface area contributed by atoms with E-state index in [1.165, 1.54) is 31.4 Å². The van der Waals surface area contributed by atoms with E-state index < -0.39 is 11.7 Å².